The van der Waals surface area contributed by atoms with Gasteiger partial charge in [0.2, 0.25) is 0 Å². The molecular weight excluding hydrogens is 342 g/mol. The fourth-order valence-electron chi connectivity index (χ4n) is 3.20. The van der Waals surface area contributed by atoms with E-state index in [1.54, 1.807) is 47.6 Å². The highest BCUT2D eigenvalue weighted by molar-refractivity contribution is 6.11. The van der Waals surface area contributed by atoms with Gasteiger partial charge in [-0.15, -0.1) is 0 Å². The van der Waals surface area contributed by atoms with Gasteiger partial charge in [-0.1, -0.05) is 18.2 Å². The van der Waals surface area contributed by atoms with Crippen molar-refractivity contribution in [2.45, 2.75) is 6.17 Å². The third-order valence-electron chi connectivity index (χ3n) is 4.50. The van der Waals surface area contributed by atoms with Crippen LogP contribution in [0.25, 0.3) is 0 Å². The van der Waals surface area contributed by atoms with E-state index >= 15 is 0 Å². The predicted octanol–water partition coefficient (Wildman–Crippen LogP) is 3.64. The van der Waals surface area contributed by atoms with E-state index in [0.29, 0.717) is 16.8 Å². The van der Waals surface area contributed by atoms with Crippen molar-refractivity contribution in [2.75, 3.05) is 17.3 Å². The molecular formula is C21H17N3O3. The summed E-state index contributed by atoms with van der Waals surface area (Å²) in [5, 5.41) is 3.39. The Kier molecular flexibility index (Phi) is 4.30. The van der Waals surface area contributed by atoms with Gasteiger partial charge in [-0.3, -0.25) is 14.7 Å². The highest BCUT2D eigenvalue weighted by atomic mass is 16.5. The Labute approximate surface area is 156 Å². The molecule has 0 aliphatic carbocycles. The molecule has 1 aliphatic heterocycles. The van der Waals surface area contributed by atoms with Crippen LogP contribution in [0.15, 0.2) is 73.1 Å². The monoisotopic (exact) mass is 359 g/mol. The summed E-state index contributed by atoms with van der Waals surface area (Å²) in [4.78, 5) is 30.4. The maximum absolute atomic E-state index is 13.0. The van der Waals surface area contributed by atoms with Crippen molar-refractivity contribution in [3.63, 3.8) is 0 Å². The molecule has 6 heteroatoms. The molecule has 4 rings (SSSR count). The van der Waals surface area contributed by atoms with E-state index in [4.69, 9.17) is 4.74 Å². The van der Waals surface area contributed by atoms with Crippen LogP contribution in [0, 0.1) is 0 Å². The van der Waals surface area contributed by atoms with Crippen LogP contribution >= 0.6 is 0 Å². The number of rotatable bonds is 4. The summed E-state index contributed by atoms with van der Waals surface area (Å²) in [5.74, 6) is -0.470. The van der Waals surface area contributed by atoms with Gasteiger partial charge in [-0.25, -0.2) is 4.79 Å². The van der Waals surface area contributed by atoms with Gasteiger partial charge in [-0.2, -0.15) is 0 Å². The molecule has 27 heavy (non-hydrogen) atoms. The minimum absolute atomic E-state index is 0.0812. The summed E-state index contributed by atoms with van der Waals surface area (Å²) < 4.78 is 4.73. The van der Waals surface area contributed by atoms with Crippen molar-refractivity contribution >= 4 is 23.3 Å². The quantitative estimate of drug-likeness (QED) is 0.720. The SMILES string of the molecule is COC(=O)c1ccc(N[C@H]2c3ccccc3C(=O)N2c2cccnc2)cc1. The van der Waals surface area contributed by atoms with Crippen LogP contribution in [-0.2, 0) is 4.74 Å². The normalized spacial score (nSPS) is 15.4. The smallest absolute Gasteiger partial charge is 0.337 e. The molecule has 2 aromatic carbocycles. The molecule has 0 saturated carbocycles. The van der Waals surface area contributed by atoms with Gasteiger partial charge in [0, 0.05) is 23.0 Å². The van der Waals surface area contributed by atoms with Gasteiger partial charge in [0.25, 0.3) is 5.91 Å². The van der Waals surface area contributed by atoms with Crippen LogP contribution in [-0.4, -0.2) is 24.0 Å². The lowest BCUT2D eigenvalue weighted by atomic mass is 10.1. The minimum Gasteiger partial charge on any atom is -0.465 e. The maximum atomic E-state index is 13.0. The third-order valence-corrected chi connectivity index (χ3v) is 4.50. The summed E-state index contributed by atoms with van der Waals surface area (Å²) in [6.45, 7) is 0. The molecule has 0 unspecified atom stereocenters. The van der Waals surface area contributed by atoms with E-state index in [0.717, 1.165) is 11.3 Å². The zero-order valence-electron chi connectivity index (χ0n) is 14.6. The van der Waals surface area contributed by atoms with Crippen molar-refractivity contribution in [3.05, 3.63) is 89.7 Å². The zero-order chi connectivity index (χ0) is 18.8. The fraction of sp³-hybridized carbons (Fsp3) is 0.0952. The second-order valence-electron chi connectivity index (χ2n) is 6.09. The number of ether oxygens (including phenoxy) is 1. The van der Waals surface area contributed by atoms with Gasteiger partial charge in [0.15, 0.2) is 0 Å². The van der Waals surface area contributed by atoms with Crippen molar-refractivity contribution in [1.29, 1.82) is 0 Å². The number of hydrogen-bond donors (Lipinski definition) is 1. The molecule has 1 atom stereocenters. The Morgan fingerprint density at radius 2 is 1.85 bits per heavy atom. The highest BCUT2D eigenvalue weighted by Gasteiger charge is 2.37. The zero-order valence-corrected chi connectivity index (χ0v) is 14.6. The van der Waals surface area contributed by atoms with Gasteiger partial charge < -0.3 is 10.1 Å². The number of carbonyl (C=O) groups is 2. The summed E-state index contributed by atoms with van der Waals surface area (Å²) in [7, 11) is 1.35. The fourth-order valence-corrected chi connectivity index (χ4v) is 3.20. The number of carbonyl (C=O) groups excluding carboxylic acids is 2. The van der Waals surface area contributed by atoms with Crippen LogP contribution < -0.4 is 10.2 Å². The molecule has 0 saturated heterocycles. The molecule has 1 amide bonds. The Bertz CT molecular complexity index is 987. The molecule has 0 spiro atoms. The average molecular weight is 359 g/mol. The van der Waals surface area contributed by atoms with Crippen LogP contribution in [0.5, 0.6) is 0 Å². The minimum atomic E-state index is -0.389. The largest absolute Gasteiger partial charge is 0.465 e. The molecule has 3 aromatic rings. The standard InChI is InChI=1S/C21H17N3O3/c1-27-21(26)14-8-10-15(11-9-14)23-19-17-6-2-3-7-18(17)20(25)24(19)16-5-4-12-22-13-16/h2-13,19,23H,1H3/t19-/m1/s1. The summed E-state index contributed by atoms with van der Waals surface area (Å²) in [6, 6.07) is 18.1. The lowest BCUT2D eigenvalue weighted by Crippen LogP contribution is -2.32. The number of hydrogen-bond acceptors (Lipinski definition) is 5. The number of pyridine rings is 1. The third kappa shape index (κ3) is 3.01. The number of anilines is 2. The summed E-state index contributed by atoms with van der Waals surface area (Å²) in [6.07, 6.45) is 2.96. The second kappa shape index (κ2) is 6.92. The summed E-state index contributed by atoms with van der Waals surface area (Å²) >= 11 is 0. The van der Waals surface area contributed by atoms with Crippen molar-refractivity contribution in [2.24, 2.45) is 0 Å². The maximum Gasteiger partial charge on any atom is 0.337 e. The van der Waals surface area contributed by atoms with Crippen LogP contribution in [0.1, 0.15) is 32.4 Å². The van der Waals surface area contributed by atoms with Gasteiger partial charge in [0.05, 0.1) is 24.6 Å². The molecule has 1 aliphatic rings. The van der Waals surface area contributed by atoms with Crippen molar-refractivity contribution in [1.82, 2.24) is 4.98 Å². The number of nitrogens with zero attached hydrogens (tertiary/aromatic N) is 2. The average Bonchev–Trinajstić information content (AvgIpc) is 3.00. The molecule has 1 aromatic heterocycles. The van der Waals surface area contributed by atoms with E-state index in [1.807, 2.05) is 30.3 Å². The number of methoxy groups -OCH3 is 1. The number of amides is 1. The van der Waals surface area contributed by atoms with Crippen LogP contribution in [0.4, 0.5) is 11.4 Å². The topological polar surface area (TPSA) is 71.5 Å². The molecule has 6 nitrogen and oxygen atoms in total. The first kappa shape index (κ1) is 16.8. The van der Waals surface area contributed by atoms with Crippen molar-refractivity contribution in [3.8, 4) is 0 Å². The lowest BCUT2D eigenvalue weighted by Gasteiger charge is -2.27. The Morgan fingerprint density at radius 1 is 1.07 bits per heavy atom. The first-order chi connectivity index (χ1) is 13.2. The summed E-state index contributed by atoms with van der Waals surface area (Å²) in [5.41, 5.74) is 3.51. The number of benzene rings is 2. The van der Waals surface area contributed by atoms with Gasteiger partial charge in [-0.05, 0) is 42.5 Å². The predicted molar refractivity (Wildman–Crippen MR) is 102 cm³/mol. The van der Waals surface area contributed by atoms with Gasteiger partial charge in [0.1, 0.15) is 6.17 Å². The van der Waals surface area contributed by atoms with E-state index in [9.17, 15) is 9.59 Å². The van der Waals surface area contributed by atoms with Gasteiger partial charge >= 0.3 is 5.97 Å². The van der Waals surface area contributed by atoms with E-state index in [1.165, 1.54) is 7.11 Å². The van der Waals surface area contributed by atoms with E-state index < -0.39 is 0 Å². The number of fused-ring (bicyclic) bond motifs is 1. The number of nitrogens with one attached hydrogen (secondary N) is 1. The first-order valence-electron chi connectivity index (χ1n) is 8.46. The number of esters is 1. The van der Waals surface area contributed by atoms with E-state index in [-0.39, 0.29) is 18.0 Å². The Hall–Kier alpha value is -3.67. The second-order valence-corrected chi connectivity index (χ2v) is 6.09. The lowest BCUT2D eigenvalue weighted by molar-refractivity contribution is 0.0600. The molecule has 0 fully saturated rings. The van der Waals surface area contributed by atoms with Crippen LogP contribution in [0.2, 0.25) is 0 Å². The van der Waals surface area contributed by atoms with Crippen molar-refractivity contribution < 1.29 is 14.3 Å². The van der Waals surface area contributed by atoms with Crippen LogP contribution in [0.3, 0.4) is 0 Å². The molecule has 0 bridgehead atoms. The highest BCUT2D eigenvalue weighted by Crippen LogP contribution is 2.37. The molecule has 1 N–H and O–H groups in total. The number of aromatic nitrogens is 1. The Balaban J connectivity index is 1.70. The molecule has 0 radical (unpaired) electrons. The molecule has 2 heterocycles. The Morgan fingerprint density at radius 3 is 2.56 bits per heavy atom. The van der Waals surface area contributed by atoms with E-state index in [2.05, 4.69) is 10.3 Å². The molecule has 134 valence electrons. The first-order valence-corrected chi connectivity index (χ1v) is 8.46.